The molecule has 0 heterocycles. The van der Waals surface area contributed by atoms with Gasteiger partial charge in [0.2, 0.25) is 0 Å². The summed E-state index contributed by atoms with van der Waals surface area (Å²) in [5, 5.41) is 0. The molecule has 0 amide bonds. The Kier molecular flexibility index (Phi) is 8.69. The van der Waals surface area contributed by atoms with E-state index in [0.717, 1.165) is 0 Å². The van der Waals surface area contributed by atoms with Crippen LogP contribution in [0.2, 0.25) is 0 Å². The normalized spacial score (nSPS) is 33.4. The molecule has 0 radical (unpaired) electrons. The molecule has 2 nitrogen and oxygen atoms in total. The summed E-state index contributed by atoms with van der Waals surface area (Å²) in [6.45, 7) is 2.72. The van der Waals surface area contributed by atoms with Crippen molar-refractivity contribution in [2.24, 2.45) is 11.8 Å². The van der Waals surface area contributed by atoms with E-state index in [-0.39, 0.29) is 0 Å². The maximum absolute atomic E-state index is 14.3. The molecule has 22 heavy (non-hydrogen) atoms. The smallest absolute Gasteiger partial charge is 0.157 e. The summed E-state index contributed by atoms with van der Waals surface area (Å²) in [5.41, 5.74) is 0. The summed E-state index contributed by atoms with van der Waals surface area (Å²) < 4.78 is 65.1. The molecule has 7 atom stereocenters. The van der Waals surface area contributed by atoms with Crippen molar-refractivity contribution in [3.8, 4) is 0 Å². The van der Waals surface area contributed by atoms with Gasteiger partial charge in [0.15, 0.2) is 6.17 Å². The van der Waals surface area contributed by atoms with Crippen LogP contribution in [-0.4, -0.2) is 51.1 Å². The van der Waals surface area contributed by atoms with Crippen LogP contribution in [-0.2, 0) is 9.47 Å². The highest BCUT2D eigenvalue weighted by atomic mass is 19.2. The SMILES string of the molecule is CCOC1CCC(C(CF)CCC(OC)C(C)F)C(F)C1F. The maximum Gasteiger partial charge on any atom is 0.157 e. The van der Waals surface area contributed by atoms with Gasteiger partial charge in [-0.2, -0.15) is 0 Å². The summed E-state index contributed by atoms with van der Waals surface area (Å²) in [5.74, 6) is -1.28. The van der Waals surface area contributed by atoms with Gasteiger partial charge in [-0.25, -0.2) is 13.2 Å². The van der Waals surface area contributed by atoms with Crippen LogP contribution >= 0.6 is 0 Å². The van der Waals surface area contributed by atoms with E-state index in [0.29, 0.717) is 32.3 Å². The molecule has 0 aliphatic heterocycles. The summed E-state index contributed by atoms with van der Waals surface area (Å²) in [6, 6.07) is 0. The monoisotopic (exact) mass is 328 g/mol. The molecule has 7 unspecified atom stereocenters. The van der Waals surface area contributed by atoms with Crippen molar-refractivity contribution >= 4 is 0 Å². The molecule has 1 saturated carbocycles. The second-order valence-electron chi connectivity index (χ2n) is 6.07. The van der Waals surface area contributed by atoms with Gasteiger partial charge in [-0.15, -0.1) is 0 Å². The Bertz CT molecular complexity index is 304. The van der Waals surface area contributed by atoms with Gasteiger partial charge in [-0.1, -0.05) is 0 Å². The van der Waals surface area contributed by atoms with E-state index in [1.165, 1.54) is 14.0 Å². The van der Waals surface area contributed by atoms with Crippen LogP contribution in [0.25, 0.3) is 0 Å². The predicted octanol–water partition coefficient (Wildman–Crippen LogP) is 4.22. The van der Waals surface area contributed by atoms with E-state index in [9.17, 15) is 17.6 Å². The average Bonchev–Trinajstić information content (AvgIpc) is 2.49. The first-order valence-electron chi connectivity index (χ1n) is 8.08. The first-order valence-corrected chi connectivity index (χ1v) is 8.08. The van der Waals surface area contributed by atoms with E-state index in [1.54, 1.807) is 6.92 Å². The van der Waals surface area contributed by atoms with Crippen LogP contribution < -0.4 is 0 Å². The van der Waals surface area contributed by atoms with Gasteiger partial charge in [0, 0.05) is 13.7 Å². The van der Waals surface area contributed by atoms with Crippen molar-refractivity contribution in [3.63, 3.8) is 0 Å². The zero-order chi connectivity index (χ0) is 16.7. The van der Waals surface area contributed by atoms with Crippen LogP contribution in [0.1, 0.15) is 39.5 Å². The van der Waals surface area contributed by atoms with E-state index in [1.807, 2.05) is 0 Å². The number of hydrogen-bond acceptors (Lipinski definition) is 2. The van der Waals surface area contributed by atoms with E-state index in [4.69, 9.17) is 9.47 Å². The molecule has 0 saturated heterocycles. The molecule has 1 aliphatic rings. The summed E-state index contributed by atoms with van der Waals surface area (Å²) in [4.78, 5) is 0. The van der Waals surface area contributed by atoms with Gasteiger partial charge in [-0.05, 0) is 51.4 Å². The van der Waals surface area contributed by atoms with Gasteiger partial charge in [-0.3, -0.25) is 4.39 Å². The van der Waals surface area contributed by atoms with Gasteiger partial charge in [0.05, 0.1) is 18.9 Å². The minimum atomic E-state index is -1.73. The molecule has 132 valence electrons. The fourth-order valence-electron chi connectivity index (χ4n) is 3.32. The Morgan fingerprint density at radius 3 is 2.32 bits per heavy atom. The van der Waals surface area contributed by atoms with Crippen LogP contribution in [0.5, 0.6) is 0 Å². The highest BCUT2D eigenvalue weighted by Crippen LogP contribution is 2.38. The molecule has 1 aliphatic carbocycles. The third-order valence-corrected chi connectivity index (χ3v) is 4.67. The minimum Gasteiger partial charge on any atom is -0.378 e. The lowest BCUT2D eigenvalue weighted by molar-refractivity contribution is -0.0844. The van der Waals surface area contributed by atoms with Crippen LogP contribution in [0.4, 0.5) is 17.6 Å². The molecule has 0 spiro atoms. The Balaban J connectivity index is 2.59. The quantitative estimate of drug-likeness (QED) is 0.590. The zero-order valence-electron chi connectivity index (χ0n) is 13.6. The summed E-state index contributed by atoms with van der Waals surface area (Å²) in [7, 11) is 1.40. The molecule has 0 aromatic rings. The lowest BCUT2D eigenvalue weighted by Gasteiger charge is -2.38. The number of ether oxygens (including phenoxy) is 2. The Hall–Kier alpha value is -0.360. The molecule has 0 aromatic heterocycles. The van der Waals surface area contributed by atoms with Crippen molar-refractivity contribution in [1.82, 2.24) is 0 Å². The highest BCUT2D eigenvalue weighted by Gasteiger charge is 2.43. The molecule has 0 N–H and O–H groups in total. The molecular weight excluding hydrogens is 300 g/mol. The molecule has 1 rings (SSSR count). The average molecular weight is 328 g/mol. The first-order chi connectivity index (χ1) is 10.5. The Labute approximate surface area is 130 Å². The van der Waals surface area contributed by atoms with E-state index >= 15 is 0 Å². The minimum absolute atomic E-state index is 0.292. The van der Waals surface area contributed by atoms with Crippen molar-refractivity contribution < 1.29 is 27.0 Å². The second-order valence-corrected chi connectivity index (χ2v) is 6.07. The number of rotatable bonds is 9. The highest BCUT2D eigenvalue weighted by molar-refractivity contribution is 4.92. The van der Waals surface area contributed by atoms with E-state index in [2.05, 4.69) is 0 Å². The lowest BCUT2D eigenvalue weighted by Crippen LogP contribution is -2.45. The van der Waals surface area contributed by atoms with Gasteiger partial charge < -0.3 is 9.47 Å². The van der Waals surface area contributed by atoms with Crippen molar-refractivity contribution in [2.75, 3.05) is 20.4 Å². The topological polar surface area (TPSA) is 18.5 Å². The molecule has 1 fully saturated rings. The maximum atomic E-state index is 14.3. The van der Waals surface area contributed by atoms with Crippen LogP contribution in [0, 0.1) is 11.8 Å². The summed E-state index contributed by atoms with van der Waals surface area (Å²) >= 11 is 0. The fraction of sp³-hybridized carbons (Fsp3) is 1.00. The van der Waals surface area contributed by atoms with Crippen LogP contribution in [0.3, 0.4) is 0 Å². The summed E-state index contributed by atoms with van der Waals surface area (Å²) in [6.07, 6.45) is -4.61. The second kappa shape index (κ2) is 9.71. The third-order valence-electron chi connectivity index (χ3n) is 4.67. The van der Waals surface area contributed by atoms with Gasteiger partial charge >= 0.3 is 0 Å². The fourth-order valence-corrected chi connectivity index (χ4v) is 3.32. The number of halogens is 4. The molecule has 0 aromatic carbocycles. The molecular formula is C16H28F4O2. The predicted molar refractivity (Wildman–Crippen MR) is 78.0 cm³/mol. The third kappa shape index (κ3) is 5.08. The molecule has 0 bridgehead atoms. The van der Waals surface area contributed by atoms with Gasteiger partial charge in [0.25, 0.3) is 0 Å². The van der Waals surface area contributed by atoms with Gasteiger partial charge in [0.1, 0.15) is 12.3 Å². The number of alkyl halides is 4. The van der Waals surface area contributed by atoms with Crippen molar-refractivity contribution in [2.45, 2.75) is 70.3 Å². The van der Waals surface area contributed by atoms with E-state index < -0.39 is 49.2 Å². The standard InChI is InChI=1S/C16H28F4O2/c1-4-22-14-8-6-12(15(19)16(14)20)11(9-17)5-7-13(21-3)10(2)18/h10-16H,4-9H2,1-3H3. The Morgan fingerprint density at radius 2 is 1.82 bits per heavy atom. The Morgan fingerprint density at radius 1 is 1.14 bits per heavy atom. The number of methoxy groups -OCH3 is 1. The zero-order valence-corrected chi connectivity index (χ0v) is 13.6. The van der Waals surface area contributed by atoms with Crippen molar-refractivity contribution in [1.29, 1.82) is 0 Å². The first kappa shape index (κ1) is 19.7. The van der Waals surface area contributed by atoms with Crippen molar-refractivity contribution in [3.05, 3.63) is 0 Å². The molecule has 6 heteroatoms. The number of hydrogen-bond donors (Lipinski definition) is 0. The van der Waals surface area contributed by atoms with Crippen LogP contribution in [0.15, 0.2) is 0 Å². The largest absolute Gasteiger partial charge is 0.378 e. The lowest BCUT2D eigenvalue weighted by atomic mass is 9.75.